The van der Waals surface area contributed by atoms with E-state index in [1.165, 1.54) is 0 Å². The smallest absolute Gasteiger partial charge is 0.119 e. The Morgan fingerprint density at radius 3 is 2.62 bits per heavy atom. The van der Waals surface area contributed by atoms with Crippen LogP contribution in [0.15, 0.2) is 24.3 Å². The minimum Gasteiger partial charge on any atom is -0.490 e. The molecule has 0 fully saturated rings. The zero-order valence-electron chi connectivity index (χ0n) is 7.33. The zero-order chi connectivity index (χ0) is 9.68. The summed E-state index contributed by atoms with van der Waals surface area (Å²) < 4.78 is 5.43. The van der Waals surface area contributed by atoms with Gasteiger partial charge in [0, 0.05) is 5.02 Å². The van der Waals surface area contributed by atoms with Crippen LogP contribution in [-0.4, -0.2) is 6.10 Å². The fourth-order valence-electron chi connectivity index (χ4n) is 0.916. The summed E-state index contributed by atoms with van der Waals surface area (Å²) in [5.41, 5.74) is 0. The molecule has 1 aromatic rings. The molecule has 1 unspecified atom stereocenters. The second-order valence-electron chi connectivity index (χ2n) is 2.74. The molecule has 0 spiro atoms. The van der Waals surface area contributed by atoms with Gasteiger partial charge in [-0.25, -0.2) is 0 Å². The van der Waals surface area contributed by atoms with E-state index in [9.17, 15) is 0 Å². The summed E-state index contributed by atoms with van der Waals surface area (Å²) in [7, 11) is 0. The van der Waals surface area contributed by atoms with E-state index in [0.717, 1.165) is 5.75 Å². The van der Waals surface area contributed by atoms with Crippen molar-refractivity contribution in [3.05, 3.63) is 29.3 Å². The fourth-order valence-corrected chi connectivity index (χ4v) is 1.04. The number of benzene rings is 1. The van der Waals surface area contributed by atoms with Gasteiger partial charge in [0.25, 0.3) is 0 Å². The van der Waals surface area contributed by atoms with Crippen molar-refractivity contribution in [2.45, 2.75) is 19.4 Å². The third-order valence-electron chi connectivity index (χ3n) is 1.53. The first-order valence-electron chi connectivity index (χ1n) is 4.01. The average Bonchev–Trinajstić information content (AvgIpc) is 2.09. The van der Waals surface area contributed by atoms with Crippen LogP contribution < -0.4 is 4.74 Å². The van der Waals surface area contributed by atoms with Crippen molar-refractivity contribution in [1.82, 2.24) is 0 Å². The predicted octanol–water partition coefficient (Wildman–Crippen LogP) is 3.02. The van der Waals surface area contributed by atoms with Crippen LogP contribution in [0.1, 0.15) is 13.3 Å². The zero-order valence-corrected chi connectivity index (χ0v) is 8.08. The second kappa shape index (κ2) is 4.74. The van der Waals surface area contributed by atoms with E-state index in [4.69, 9.17) is 21.6 Å². The Bertz CT molecular complexity index is 302. The molecule has 1 aromatic carbocycles. The van der Waals surface area contributed by atoms with Crippen molar-refractivity contribution in [2.75, 3.05) is 0 Å². The first kappa shape index (κ1) is 9.88. The molecular weight excluding hydrogens is 186 g/mol. The highest BCUT2D eigenvalue weighted by molar-refractivity contribution is 6.30. The largest absolute Gasteiger partial charge is 0.490 e. The van der Waals surface area contributed by atoms with E-state index in [-0.39, 0.29) is 6.10 Å². The number of ether oxygens (including phenoxy) is 1. The molecule has 0 aliphatic rings. The predicted molar refractivity (Wildman–Crippen MR) is 51.8 cm³/mol. The van der Waals surface area contributed by atoms with Crippen molar-refractivity contribution in [2.24, 2.45) is 0 Å². The van der Waals surface area contributed by atoms with Gasteiger partial charge in [0.05, 0.1) is 12.5 Å². The van der Waals surface area contributed by atoms with Gasteiger partial charge < -0.3 is 4.74 Å². The molecule has 0 saturated carbocycles. The SMILES string of the molecule is CC(CC#N)Oc1ccc(Cl)cc1. The van der Waals surface area contributed by atoms with Crippen molar-refractivity contribution in [3.63, 3.8) is 0 Å². The number of hydrogen-bond acceptors (Lipinski definition) is 2. The molecule has 3 heteroatoms. The molecule has 0 aromatic heterocycles. The highest BCUT2D eigenvalue weighted by Crippen LogP contribution is 2.17. The van der Waals surface area contributed by atoms with E-state index in [1.54, 1.807) is 24.3 Å². The monoisotopic (exact) mass is 195 g/mol. The highest BCUT2D eigenvalue weighted by Gasteiger charge is 2.02. The third kappa shape index (κ3) is 3.35. The molecule has 13 heavy (non-hydrogen) atoms. The Balaban J connectivity index is 2.55. The molecule has 68 valence electrons. The summed E-state index contributed by atoms with van der Waals surface area (Å²) in [6, 6.07) is 9.14. The number of nitrogens with zero attached hydrogens (tertiary/aromatic N) is 1. The lowest BCUT2D eigenvalue weighted by Gasteiger charge is -2.10. The third-order valence-corrected chi connectivity index (χ3v) is 1.78. The topological polar surface area (TPSA) is 33.0 Å². The van der Waals surface area contributed by atoms with Gasteiger partial charge in [-0.1, -0.05) is 11.6 Å². The van der Waals surface area contributed by atoms with Gasteiger partial charge >= 0.3 is 0 Å². The van der Waals surface area contributed by atoms with Crippen LogP contribution in [0.4, 0.5) is 0 Å². The van der Waals surface area contributed by atoms with Crippen LogP contribution in [-0.2, 0) is 0 Å². The average molecular weight is 196 g/mol. The summed E-state index contributed by atoms with van der Waals surface area (Å²) in [6.45, 7) is 1.86. The molecule has 0 aliphatic heterocycles. The maximum atomic E-state index is 8.41. The fraction of sp³-hybridized carbons (Fsp3) is 0.300. The number of nitriles is 1. The number of halogens is 1. The van der Waals surface area contributed by atoms with Crippen molar-refractivity contribution in [3.8, 4) is 11.8 Å². The van der Waals surface area contributed by atoms with Gasteiger partial charge in [-0.05, 0) is 31.2 Å². The second-order valence-corrected chi connectivity index (χ2v) is 3.18. The maximum absolute atomic E-state index is 8.41. The summed E-state index contributed by atoms with van der Waals surface area (Å²) in [4.78, 5) is 0. The molecule has 0 aliphatic carbocycles. The first-order chi connectivity index (χ1) is 6.22. The van der Waals surface area contributed by atoms with Gasteiger partial charge in [-0.15, -0.1) is 0 Å². The maximum Gasteiger partial charge on any atom is 0.119 e. The van der Waals surface area contributed by atoms with E-state index in [2.05, 4.69) is 0 Å². The number of hydrogen-bond donors (Lipinski definition) is 0. The molecule has 0 N–H and O–H groups in total. The molecule has 0 amide bonds. The summed E-state index contributed by atoms with van der Waals surface area (Å²) >= 11 is 5.70. The highest BCUT2D eigenvalue weighted by atomic mass is 35.5. The molecule has 2 nitrogen and oxygen atoms in total. The first-order valence-corrected chi connectivity index (χ1v) is 4.39. The lowest BCUT2D eigenvalue weighted by atomic mass is 10.3. The van der Waals surface area contributed by atoms with E-state index < -0.39 is 0 Å². The lowest BCUT2D eigenvalue weighted by molar-refractivity contribution is 0.227. The minimum atomic E-state index is -0.0776. The summed E-state index contributed by atoms with van der Waals surface area (Å²) in [5, 5.41) is 9.09. The van der Waals surface area contributed by atoms with Crippen molar-refractivity contribution < 1.29 is 4.74 Å². The van der Waals surface area contributed by atoms with Gasteiger partial charge in [-0.3, -0.25) is 0 Å². The molecule has 1 atom stereocenters. The molecule has 0 saturated heterocycles. The quantitative estimate of drug-likeness (QED) is 0.743. The Labute approximate surface area is 82.7 Å². The normalized spacial score (nSPS) is 11.8. The summed E-state index contributed by atoms with van der Waals surface area (Å²) in [6.07, 6.45) is 0.314. The van der Waals surface area contributed by atoms with E-state index in [0.29, 0.717) is 11.4 Å². The van der Waals surface area contributed by atoms with Crippen molar-refractivity contribution >= 4 is 11.6 Å². The van der Waals surface area contributed by atoms with Gasteiger partial charge in [0.2, 0.25) is 0 Å². The van der Waals surface area contributed by atoms with E-state index in [1.807, 2.05) is 13.0 Å². The Morgan fingerprint density at radius 2 is 2.08 bits per heavy atom. The summed E-state index contributed by atoms with van der Waals surface area (Å²) in [5.74, 6) is 0.743. The van der Waals surface area contributed by atoms with Crippen LogP contribution in [0, 0.1) is 11.3 Å². The molecular formula is C10H10ClNO. The van der Waals surface area contributed by atoms with Gasteiger partial charge in [0.15, 0.2) is 0 Å². The Kier molecular flexibility index (Phi) is 3.60. The number of rotatable bonds is 3. The van der Waals surface area contributed by atoms with Crippen LogP contribution in [0.2, 0.25) is 5.02 Å². The molecule has 0 radical (unpaired) electrons. The molecule has 1 rings (SSSR count). The lowest BCUT2D eigenvalue weighted by Crippen LogP contribution is -2.10. The van der Waals surface area contributed by atoms with Gasteiger partial charge in [-0.2, -0.15) is 5.26 Å². The van der Waals surface area contributed by atoms with E-state index >= 15 is 0 Å². The van der Waals surface area contributed by atoms with Crippen LogP contribution in [0.3, 0.4) is 0 Å². The van der Waals surface area contributed by atoms with Crippen molar-refractivity contribution in [1.29, 1.82) is 5.26 Å². The van der Waals surface area contributed by atoms with Gasteiger partial charge in [0.1, 0.15) is 11.9 Å². The minimum absolute atomic E-state index is 0.0776. The Morgan fingerprint density at radius 1 is 1.46 bits per heavy atom. The molecule has 0 bridgehead atoms. The Hall–Kier alpha value is -1.20. The van der Waals surface area contributed by atoms with Crippen LogP contribution in [0.25, 0.3) is 0 Å². The standard InChI is InChI=1S/C10H10ClNO/c1-8(6-7-12)13-10-4-2-9(11)3-5-10/h2-5,8H,6H2,1H3. The molecule has 0 heterocycles. The van der Waals surface area contributed by atoms with Crippen LogP contribution >= 0.6 is 11.6 Å². The van der Waals surface area contributed by atoms with Crippen LogP contribution in [0.5, 0.6) is 5.75 Å².